The Labute approximate surface area is 213 Å². The molecular formula is C24H27FN4O5S2. The summed E-state index contributed by atoms with van der Waals surface area (Å²) in [5.74, 6) is -0.885. The van der Waals surface area contributed by atoms with Gasteiger partial charge in [-0.1, -0.05) is 35.6 Å². The van der Waals surface area contributed by atoms with E-state index in [1.54, 1.807) is 31.2 Å². The minimum absolute atomic E-state index is 0.0349. The van der Waals surface area contributed by atoms with Crippen molar-refractivity contribution in [3.8, 4) is 0 Å². The molecule has 0 atom stereocenters. The van der Waals surface area contributed by atoms with Crippen LogP contribution in [0.15, 0.2) is 52.7 Å². The maximum atomic E-state index is 12.9. The van der Waals surface area contributed by atoms with Gasteiger partial charge in [-0.15, -0.1) is 0 Å². The zero-order valence-corrected chi connectivity index (χ0v) is 21.5. The summed E-state index contributed by atoms with van der Waals surface area (Å²) in [6, 6.07) is 12.9. The summed E-state index contributed by atoms with van der Waals surface area (Å²) >= 11 is 0.887. The average molecular weight is 535 g/mol. The molecule has 0 spiro atoms. The summed E-state index contributed by atoms with van der Waals surface area (Å²) in [4.78, 5) is 27.2. The molecule has 2 aromatic carbocycles. The molecule has 1 aromatic heterocycles. The lowest BCUT2D eigenvalue weighted by Gasteiger charge is -2.09. The van der Waals surface area contributed by atoms with Gasteiger partial charge in [0.15, 0.2) is 9.34 Å². The average Bonchev–Trinajstić information content (AvgIpc) is 3.19. The summed E-state index contributed by atoms with van der Waals surface area (Å²) < 4.78 is 46.2. The van der Waals surface area contributed by atoms with E-state index in [0.717, 1.165) is 22.5 Å². The van der Waals surface area contributed by atoms with E-state index in [4.69, 9.17) is 4.74 Å². The number of carbonyl (C=O) groups excluding carboxylic acids is 2. The summed E-state index contributed by atoms with van der Waals surface area (Å²) in [7, 11) is -3.85. The molecular weight excluding hydrogens is 507 g/mol. The largest absolute Gasteiger partial charge is 0.367 e. The summed E-state index contributed by atoms with van der Waals surface area (Å²) in [6.45, 7) is 3.50. The topological polar surface area (TPSA) is 126 Å². The van der Waals surface area contributed by atoms with Crippen LogP contribution in [0.25, 0.3) is 0 Å². The molecule has 0 aliphatic rings. The number of thiazole rings is 1. The highest BCUT2D eigenvalue weighted by atomic mass is 32.2. The smallest absolute Gasteiger partial charge is 0.273 e. The van der Waals surface area contributed by atoms with Gasteiger partial charge in [0.1, 0.15) is 12.4 Å². The van der Waals surface area contributed by atoms with E-state index < -0.39 is 10.0 Å². The van der Waals surface area contributed by atoms with Crippen molar-refractivity contribution < 1.29 is 27.1 Å². The first kappa shape index (κ1) is 27.2. The SMILES string of the molecule is CC(=O)Nc1nc(C)c(S(=O)(=O)Nc2ccc(CCCNC(=O)COCc3ccc(F)cc3)cc2)s1. The molecule has 0 radical (unpaired) electrons. The molecule has 9 nitrogen and oxygen atoms in total. The van der Waals surface area contributed by atoms with Crippen LogP contribution < -0.4 is 15.4 Å². The Bertz CT molecular complexity index is 1290. The lowest BCUT2D eigenvalue weighted by atomic mass is 10.1. The molecule has 0 aliphatic heterocycles. The van der Waals surface area contributed by atoms with Crippen molar-refractivity contribution in [2.24, 2.45) is 0 Å². The first-order valence-electron chi connectivity index (χ1n) is 11.1. The highest BCUT2D eigenvalue weighted by Gasteiger charge is 2.22. The van der Waals surface area contributed by atoms with Gasteiger partial charge in [-0.05, 0) is 55.2 Å². The zero-order valence-electron chi connectivity index (χ0n) is 19.8. The quantitative estimate of drug-likeness (QED) is 0.305. The lowest BCUT2D eigenvalue weighted by Crippen LogP contribution is -2.28. The normalized spacial score (nSPS) is 11.2. The van der Waals surface area contributed by atoms with Crippen LogP contribution in [-0.4, -0.2) is 38.4 Å². The molecule has 3 aromatic rings. The van der Waals surface area contributed by atoms with Gasteiger partial charge >= 0.3 is 0 Å². The highest BCUT2D eigenvalue weighted by molar-refractivity contribution is 7.94. The number of benzene rings is 2. The van der Waals surface area contributed by atoms with Crippen LogP contribution in [0.4, 0.5) is 15.2 Å². The van der Waals surface area contributed by atoms with Crippen molar-refractivity contribution in [2.45, 2.75) is 37.5 Å². The van der Waals surface area contributed by atoms with Crippen molar-refractivity contribution in [3.05, 3.63) is 71.2 Å². The zero-order chi connectivity index (χ0) is 26.1. The van der Waals surface area contributed by atoms with E-state index >= 15 is 0 Å². The number of ether oxygens (including phenoxy) is 1. The fraction of sp³-hybridized carbons (Fsp3) is 0.292. The number of nitrogens with zero attached hydrogens (tertiary/aromatic N) is 1. The van der Waals surface area contributed by atoms with E-state index in [2.05, 4.69) is 20.3 Å². The van der Waals surface area contributed by atoms with Crippen molar-refractivity contribution in [1.82, 2.24) is 10.3 Å². The summed E-state index contributed by atoms with van der Waals surface area (Å²) in [5.41, 5.74) is 2.48. The molecule has 0 fully saturated rings. The Balaban J connectivity index is 1.40. The van der Waals surface area contributed by atoms with Gasteiger partial charge in [0.05, 0.1) is 12.3 Å². The number of nitrogens with one attached hydrogen (secondary N) is 3. The van der Waals surface area contributed by atoms with Gasteiger partial charge < -0.3 is 15.4 Å². The van der Waals surface area contributed by atoms with E-state index in [-0.39, 0.29) is 40.2 Å². The van der Waals surface area contributed by atoms with Gasteiger partial charge in [0.2, 0.25) is 11.8 Å². The van der Waals surface area contributed by atoms with Crippen LogP contribution >= 0.6 is 11.3 Å². The summed E-state index contributed by atoms with van der Waals surface area (Å²) in [6.07, 6.45) is 1.39. The van der Waals surface area contributed by atoms with Crippen LogP contribution in [-0.2, 0) is 37.4 Å². The van der Waals surface area contributed by atoms with Gasteiger partial charge in [-0.3, -0.25) is 14.3 Å². The minimum atomic E-state index is -3.85. The van der Waals surface area contributed by atoms with E-state index in [9.17, 15) is 22.4 Å². The molecule has 0 unspecified atom stereocenters. The number of hydrogen-bond acceptors (Lipinski definition) is 7. The first-order valence-corrected chi connectivity index (χ1v) is 13.4. The van der Waals surface area contributed by atoms with E-state index in [1.165, 1.54) is 19.1 Å². The number of rotatable bonds is 12. The van der Waals surface area contributed by atoms with Crippen molar-refractivity contribution in [3.63, 3.8) is 0 Å². The predicted molar refractivity (Wildman–Crippen MR) is 136 cm³/mol. The molecule has 3 N–H and O–H groups in total. The minimum Gasteiger partial charge on any atom is -0.367 e. The maximum Gasteiger partial charge on any atom is 0.273 e. The van der Waals surface area contributed by atoms with Crippen molar-refractivity contribution >= 4 is 44.0 Å². The molecule has 12 heteroatoms. The second-order valence-electron chi connectivity index (χ2n) is 7.95. The maximum absolute atomic E-state index is 12.9. The Morgan fingerprint density at radius 3 is 2.39 bits per heavy atom. The number of sulfonamides is 1. The second-order valence-corrected chi connectivity index (χ2v) is 10.8. The van der Waals surface area contributed by atoms with Gasteiger partial charge in [0.25, 0.3) is 10.0 Å². The molecule has 0 saturated carbocycles. The van der Waals surface area contributed by atoms with Gasteiger partial charge in [-0.25, -0.2) is 17.8 Å². The Morgan fingerprint density at radius 2 is 1.72 bits per heavy atom. The molecule has 0 aliphatic carbocycles. The van der Waals surface area contributed by atoms with Crippen molar-refractivity contribution in [1.29, 1.82) is 0 Å². The van der Waals surface area contributed by atoms with Crippen molar-refractivity contribution in [2.75, 3.05) is 23.2 Å². The summed E-state index contributed by atoms with van der Waals surface area (Å²) in [5, 5.41) is 5.50. The van der Waals surface area contributed by atoms with Gasteiger partial charge in [0, 0.05) is 19.2 Å². The fourth-order valence-corrected chi connectivity index (χ4v) is 5.71. The number of anilines is 2. The predicted octanol–water partition coefficient (Wildman–Crippen LogP) is 3.62. The Morgan fingerprint density at radius 1 is 1.06 bits per heavy atom. The Hall–Kier alpha value is -3.35. The third-order valence-corrected chi connectivity index (χ3v) is 7.93. The Kier molecular flexibility index (Phi) is 9.51. The number of hydrogen-bond donors (Lipinski definition) is 3. The molecule has 36 heavy (non-hydrogen) atoms. The fourth-order valence-electron chi connectivity index (χ4n) is 3.19. The van der Waals surface area contributed by atoms with Crippen LogP contribution in [0.1, 0.15) is 30.2 Å². The van der Waals surface area contributed by atoms with Crippen LogP contribution in [0.2, 0.25) is 0 Å². The number of amides is 2. The number of halogens is 1. The molecule has 192 valence electrons. The van der Waals surface area contributed by atoms with E-state index in [1.807, 2.05) is 12.1 Å². The molecule has 2 amide bonds. The second kappa shape index (κ2) is 12.6. The number of carbonyl (C=O) groups is 2. The lowest BCUT2D eigenvalue weighted by molar-refractivity contribution is -0.126. The third kappa shape index (κ3) is 8.40. The first-order chi connectivity index (χ1) is 17.1. The number of aromatic nitrogens is 1. The highest BCUT2D eigenvalue weighted by Crippen LogP contribution is 2.29. The standard InChI is InChI=1S/C24H27FN4O5S2/c1-16-23(35-24(27-16)28-17(2)30)36(32,33)29-21-11-7-18(8-12-21)4-3-13-26-22(31)15-34-14-19-5-9-20(25)10-6-19/h5-12,29H,3-4,13-15H2,1-2H3,(H,26,31)(H,27,28,30). The van der Waals surface area contributed by atoms with Gasteiger partial charge in [-0.2, -0.15) is 0 Å². The third-order valence-electron chi connectivity index (χ3n) is 4.87. The molecule has 0 bridgehead atoms. The molecule has 1 heterocycles. The van der Waals surface area contributed by atoms with Crippen LogP contribution in [0.3, 0.4) is 0 Å². The molecule has 3 rings (SSSR count). The monoisotopic (exact) mass is 534 g/mol. The number of aryl methyl sites for hydroxylation is 2. The van der Waals surface area contributed by atoms with Crippen LogP contribution in [0, 0.1) is 12.7 Å². The van der Waals surface area contributed by atoms with E-state index in [0.29, 0.717) is 30.8 Å². The molecule has 0 saturated heterocycles. The van der Waals surface area contributed by atoms with Crippen LogP contribution in [0.5, 0.6) is 0 Å².